The Hall–Kier alpha value is -3.22. The maximum Gasteiger partial charge on any atom is 0.253 e. The van der Waals surface area contributed by atoms with E-state index in [9.17, 15) is 4.79 Å². The molecule has 2 aromatic carbocycles. The molecule has 1 aromatic heterocycles. The van der Waals surface area contributed by atoms with Crippen molar-refractivity contribution in [2.45, 2.75) is 0 Å². The predicted molar refractivity (Wildman–Crippen MR) is 91.2 cm³/mol. The van der Waals surface area contributed by atoms with Crippen LogP contribution in [0.2, 0.25) is 0 Å². The van der Waals surface area contributed by atoms with Crippen LogP contribution < -0.4 is 10.2 Å². The van der Waals surface area contributed by atoms with Crippen molar-refractivity contribution in [3.8, 4) is 5.69 Å². The van der Waals surface area contributed by atoms with Gasteiger partial charge in [0.2, 0.25) is 0 Å². The van der Waals surface area contributed by atoms with Gasteiger partial charge in [-0.1, -0.05) is 30.3 Å². The minimum atomic E-state index is -0.150. The summed E-state index contributed by atoms with van der Waals surface area (Å²) in [5.41, 5.74) is 2.30. The average molecular weight is 322 g/mol. The van der Waals surface area contributed by atoms with E-state index in [1.165, 1.54) is 11.0 Å². The summed E-state index contributed by atoms with van der Waals surface area (Å²) in [4.78, 5) is 14.6. The smallest absolute Gasteiger partial charge is 0.253 e. The van der Waals surface area contributed by atoms with Gasteiger partial charge in [0, 0.05) is 25.8 Å². The molecule has 0 radical (unpaired) electrons. The highest BCUT2D eigenvalue weighted by atomic mass is 16.1. The normalized spacial score (nSPS) is 10.4. The molecular weight excluding hydrogens is 304 g/mol. The molecule has 1 amide bonds. The molecular formula is C17H18N6O. The van der Waals surface area contributed by atoms with E-state index in [0.717, 1.165) is 5.69 Å². The minimum Gasteiger partial charge on any atom is -0.373 e. The summed E-state index contributed by atoms with van der Waals surface area (Å²) in [6.45, 7) is 1.25. The van der Waals surface area contributed by atoms with Crippen LogP contribution in [-0.4, -0.2) is 46.3 Å². The number of amides is 1. The molecule has 0 fully saturated rings. The number of nitrogens with one attached hydrogen (secondary N) is 1. The first-order valence-electron chi connectivity index (χ1n) is 7.62. The van der Waals surface area contributed by atoms with Crippen molar-refractivity contribution in [3.05, 3.63) is 66.5 Å². The van der Waals surface area contributed by atoms with Crippen molar-refractivity contribution in [1.82, 2.24) is 25.5 Å². The number of anilines is 1. The maximum absolute atomic E-state index is 12.5. The summed E-state index contributed by atoms with van der Waals surface area (Å²) >= 11 is 0. The standard InChI is InChI=1S/C17H18N6O/c1-22(14-7-3-2-4-8-14)12-11-18-17(24)15-9-5-6-10-16(15)23-13-19-20-21-23/h2-10,13H,11-12H2,1H3,(H,18,24). The van der Waals surface area contributed by atoms with Crippen LogP contribution in [0.3, 0.4) is 0 Å². The molecule has 0 aliphatic heterocycles. The molecule has 1 heterocycles. The fraction of sp³-hybridized carbons (Fsp3) is 0.176. The third kappa shape index (κ3) is 3.57. The van der Waals surface area contributed by atoms with Crippen LogP contribution in [0.5, 0.6) is 0 Å². The molecule has 3 aromatic rings. The monoisotopic (exact) mass is 322 g/mol. The molecule has 122 valence electrons. The van der Waals surface area contributed by atoms with Gasteiger partial charge in [-0.15, -0.1) is 5.10 Å². The molecule has 1 N–H and O–H groups in total. The van der Waals surface area contributed by atoms with Gasteiger partial charge in [0.25, 0.3) is 5.91 Å². The Balaban J connectivity index is 1.62. The van der Waals surface area contributed by atoms with Crippen LogP contribution in [0.25, 0.3) is 5.69 Å². The van der Waals surface area contributed by atoms with Crippen LogP contribution in [0.4, 0.5) is 5.69 Å². The fourth-order valence-electron chi connectivity index (χ4n) is 2.38. The molecule has 0 spiro atoms. The van der Waals surface area contributed by atoms with Gasteiger partial charge in [-0.3, -0.25) is 4.79 Å². The van der Waals surface area contributed by atoms with E-state index in [2.05, 4.69) is 25.7 Å². The predicted octanol–water partition coefficient (Wildman–Crippen LogP) is 1.53. The van der Waals surface area contributed by atoms with Gasteiger partial charge in [-0.05, 0) is 34.7 Å². The van der Waals surface area contributed by atoms with Crippen molar-refractivity contribution >= 4 is 11.6 Å². The third-order valence-corrected chi connectivity index (χ3v) is 3.67. The van der Waals surface area contributed by atoms with E-state index in [1.54, 1.807) is 12.1 Å². The summed E-state index contributed by atoms with van der Waals surface area (Å²) in [7, 11) is 2.00. The molecule has 0 aliphatic carbocycles. The van der Waals surface area contributed by atoms with Gasteiger partial charge < -0.3 is 10.2 Å². The SMILES string of the molecule is CN(CCNC(=O)c1ccccc1-n1cnnn1)c1ccccc1. The fourth-order valence-corrected chi connectivity index (χ4v) is 2.38. The van der Waals surface area contributed by atoms with E-state index >= 15 is 0 Å². The van der Waals surface area contributed by atoms with Gasteiger partial charge in [0.05, 0.1) is 11.3 Å². The lowest BCUT2D eigenvalue weighted by Crippen LogP contribution is -2.33. The second-order valence-corrected chi connectivity index (χ2v) is 5.28. The molecule has 24 heavy (non-hydrogen) atoms. The number of hydrogen-bond acceptors (Lipinski definition) is 5. The van der Waals surface area contributed by atoms with Crippen molar-refractivity contribution in [3.63, 3.8) is 0 Å². The lowest BCUT2D eigenvalue weighted by molar-refractivity contribution is 0.0954. The zero-order chi connectivity index (χ0) is 16.8. The van der Waals surface area contributed by atoms with E-state index in [0.29, 0.717) is 24.3 Å². The van der Waals surface area contributed by atoms with Crippen molar-refractivity contribution < 1.29 is 4.79 Å². The van der Waals surface area contributed by atoms with Crippen LogP contribution >= 0.6 is 0 Å². The van der Waals surface area contributed by atoms with E-state index < -0.39 is 0 Å². The number of aromatic nitrogens is 4. The van der Waals surface area contributed by atoms with Gasteiger partial charge >= 0.3 is 0 Å². The molecule has 3 rings (SSSR count). The summed E-state index contributed by atoms with van der Waals surface area (Å²) in [6, 6.07) is 17.3. The Morgan fingerprint density at radius 2 is 1.88 bits per heavy atom. The largest absolute Gasteiger partial charge is 0.373 e. The number of benzene rings is 2. The van der Waals surface area contributed by atoms with Crippen LogP contribution in [0, 0.1) is 0 Å². The Morgan fingerprint density at radius 3 is 2.62 bits per heavy atom. The summed E-state index contributed by atoms with van der Waals surface area (Å²) in [5.74, 6) is -0.150. The van der Waals surface area contributed by atoms with Crippen LogP contribution in [0.15, 0.2) is 60.9 Å². The molecule has 0 unspecified atom stereocenters. The van der Waals surface area contributed by atoms with Crippen LogP contribution in [0.1, 0.15) is 10.4 Å². The van der Waals surface area contributed by atoms with Gasteiger partial charge in [0.15, 0.2) is 0 Å². The second-order valence-electron chi connectivity index (χ2n) is 5.28. The Morgan fingerprint density at radius 1 is 1.12 bits per heavy atom. The lowest BCUT2D eigenvalue weighted by Gasteiger charge is -2.19. The number of para-hydroxylation sites is 2. The first-order valence-corrected chi connectivity index (χ1v) is 7.62. The summed E-state index contributed by atoms with van der Waals surface area (Å²) in [6.07, 6.45) is 1.47. The van der Waals surface area contributed by atoms with Gasteiger partial charge in [-0.25, -0.2) is 0 Å². The molecule has 7 heteroatoms. The lowest BCUT2D eigenvalue weighted by atomic mass is 10.1. The van der Waals surface area contributed by atoms with E-state index in [1.807, 2.05) is 49.5 Å². The minimum absolute atomic E-state index is 0.150. The zero-order valence-corrected chi connectivity index (χ0v) is 13.3. The van der Waals surface area contributed by atoms with Crippen molar-refractivity contribution in [2.24, 2.45) is 0 Å². The number of hydrogen-bond donors (Lipinski definition) is 1. The Kier molecular flexibility index (Phi) is 4.81. The van der Waals surface area contributed by atoms with Crippen molar-refractivity contribution in [2.75, 3.05) is 25.0 Å². The summed E-state index contributed by atoms with van der Waals surface area (Å²) < 4.78 is 1.48. The number of likely N-dealkylation sites (N-methyl/N-ethyl adjacent to an activating group) is 1. The Labute approximate surface area is 139 Å². The highest BCUT2D eigenvalue weighted by molar-refractivity contribution is 5.97. The quantitative estimate of drug-likeness (QED) is 0.745. The Bertz CT molecular complexity index is 788. The highest BCUT2D eigenvalue weighted by Crippen LogP contribution is 2.13. The van der Waals surface area contributed by atoms with Crippen molar-refractivity contribution in [1.29, 1.82) is 0 Å². The zero-order valence-electron chi connectivity index (χ0n) is 13.3. The molecule has 0 aliphatic rings. The van der Waals surface area contributed by atoms with Crippen LogP contribution in [-0.2, 0) is 0 Å². The van der Waals surface area contributed by atoms with Gasteiger partial charge in [-0.2, -0.15) is 4.68 Å². The number of carbonyl (C=O) groups is 1. The second kappa shape index (κ2) is 7.36. The molecule has 0 saturated heterocycles. The number of tetrazole rings is 1. The first-order chi connectivity index (χ1) is 11.8. The maximum atomic E-state index is 12.5. The first kappa shape index (κ1) is 15.7. The van der Waals surface area contributed by atoms with Gasteiger partial charge in [0.1, 0.15) is 6.33 Å². The molecule has 0 atom stereocenters. The van der Waals surface area contributed by atoms with E-state index in [-0.39, 0.29) is 5.91 Å². The number of nitrogens with zero attached hydrogens (tertiary/aromatic N) is 5. The number of rotatable bonds is 6. The van der Waals surface area contributed by atoms with E-state index in [4.69, 9.17) is 0 Å². The molecule has 0 saturated carbocycles. The number of carbonyl (C=O) groups excluding carboxylic acids is 1. The average Bonchev–Trinajstić information content (AvgIpc) is 3.17. The topological polar surface area (TPSA) is 75.9 Å². The third-order valence-electron chi connectivity index (χ3n) is 3.67. The molecule has 7 nitrogen and oxygen atoms in total. The highest BCUT2D eigenvalue weighted by Gasteiger charge is 2.13. The summed E-state index contributed by atoms with van der Waals surface area (Å²) in [5, 5.41) is 14.0. The molecule has 0 bridgehead atoms.